The summed E-state index contributed by atoms with van der Waals surface area (Å²) < 4.78 is 6.93. The topological polar surface area (TPSA) is 50.3 Å². The van der Waals surface area contributed by atoms with E-state index in [1.807, 2.05) is 66.7 Å². The molecule has 0 saturated heterocycles. The Balaban J connectivity index is 1.44. The SMILES string of the molecule is CCN(CC)CCCC(C)Nc1nc(C=Cc2ccc(OCc3ccccc3)cc2)nc2ccc(Br)cc12. The van der Waals surface area contributed by atoms with Gasteiger partial charge in [-0.05, 0) is 86.9 Å². The van der Waals surface area contributed by atoms with Gasteiger partial charge in [0.05, 0.1) is 5.52 Å². The summed E-state index contributed by atoms with van der Waals surface area (Å²) >= 11 is 3.60. The molecule has 1 N–H and O–H groups in total. The molecule has 0 fully saturated rings. The minimum Gasteiger partial charge on any atom is -0.489 e. The van der Waals surface area contributed by atoms with Crippen LogP contribution in [-0.4, -0.2) is 40.5 Å². The van der Waals surface area contributed by atoms with Crippen LogP contribution in [0.1, 0.15) is 50.6 Å². The molecule has 1 unspecified atom stereocenters. The van der Waals surface area contributed by atoms with Gasteiger partial charge in [0.25, 0.3) is 0 Å². The van der Waals surface area contributed by atoms with E-state index in [2.05, 4.69) is 65.1 Å². The second-order valence-electron chi connectivity index (χ2n) is 9.48. The number of rotatable bonds is 13. The summed E-state index contributed by atoms with van der Waals surface area (Å²) in [6.07, 6.45) is 6.25. The highest BCUT2D eigenvalue weighted by molar-refractivity contribution is 9.10. The van der Waals surface area contributed by atoms with E-state index in [4.69, 9.17) is 14.7 Å². The van der Waals surface area contributed by atoms with Gasteiger partial charge in [-0.2, -0.15) is 0 Å². The zero-order valence-corrected chi connectivity index (χ0v) is 24.1. The van der Waals surface area contributed by atoms with Crippen LogP contribution in [0.3, 0.4) is 0 Å². The van der Waals surface area contributed by atoms with E-state index < -0.39 is 0 Å². The van der Waals surface area contributed by atoms with Crippen LogP contribution >= 0.6 is 15.9 Å². The van der Waals surface area contributed by atoms with Crippen molar-refractivity contribution >= 4 is 44.8 Å². The number of hydrogen-bond acceptors (Lipinski definition) is 5. The van der Waals surface area contributed by atoms with Gasteiger partial charge in [-0.1, -0.05) is 78.3 Å². The molecule has 198 valence electrons. The second kappa shape index (κ2) is 14.1. The molecular weight excluding hydrogens is 536 g/mol. The van der Waals surface area contributed by atoms with Crippen molar-refractivity contribution in [1.82, 2.24) is 14.9 Å². The third-order valence-corrected chi connectivity index (χ3v) is 7.11. The predicted octanol–water partition coefficient (Wildman–Crippen LogP) is 8.06. The molecule has 38 heavy (non-hydrogen) atoms. The molecule has 0 aliphatic heterocycles. The van der Waals surface area contributed by atoms with Gasteiger partial charge in [-0.3, -0.25) is 0 Å². The van der Waals surface area contributed by atoms with Crippen LogP contribution in [0.15, 0.2) is 77.3 Å². The maximum atomic E-state index is 5.91. The van der Waals surface area contributed by atoms with Gasteiger partial charge in [-0.15, -0.1) is 0 Å². The molecule has 1 atom stereocenters. The Labute approximate surface area is 235 Å². The summed E-state index contributed by atoms with van der Waals surface area (Å²) in [4.78, 5) is 12.2. The third kappa shape index (κ3) is 8.14. The lowest BCUT2D eigenvalue weighted by molar-refractivity contribution is 0.295. The van der Waals surface area contributed by atoms with Gasteiger partial charge in [0.1, 0.15) is 18.2 Å². The summed E-state index contributed by atoms with van der Waals surface area (Å²) in [5.74, 6) is 2.40. The van der Waals surface area contributed by atoms with Crippen molar-refractivity contribution < 1.29 is 4.74 Å². The first-order chi connectivity index (χ1) is 18.5. The van der Waals surface area contributed by atoms with E-state index in [-0.39, 0.29) is 0 Å². The maximum Gasteiger partial charge on any atom is 0.154 e. The van der Waals surface area contributed by atoms with Crippen molar-refractivity contribution in [1.29, 1.82) is 0 Å². The Morgan fingerprint density at radius 3 is 2.45 bits per heavy atom. The van der Waals surface area contributed by atoms with Crippen molar-refractivity contribution in [3.05, 3.63) is 94.2 Å². The molecule has 1 heterocycles. The van der Waals surface area contributed by atoms with E-state index in [1.165, 1.54) is 0 Å². The average molecular weight is 574 g/mol. The lowest BCUT2D eigenvalue weighted by Gasteiger charge is -2.20. The fourth-order valence-electron chi connectivity index (χ4n) is 4.36. The lowest BCUT2D eigenvalue weighted by atomic mass is 10.1. The van der Waals surface area contributed by atoms with E-state index in [0.717, 1.165) is 70.5 Å². The Morgan fingerprint density at radius 1 is 0.947 bits per heavy atom. The molecule has 4 rings (SSSR count). The number of ether oxygens (including phenoxy) is 1. The zero-order chi connectivity index (χ0) is 26.7. The minimum atomic E-state index is 0.308. The monoisotopic (exact) mass is 572 g/mol. The Kier molecular flexibility index (Phi) is 10.3. The summed E-state index contributed by atoms with van der Waals surface area (Å²) in [5.41, 5.74) is 3.14. The van der Waals surface area contributed by atoms with Crippen molar-refractivity contribution in [2.45, 2.75) is 46.3 Å². The summed E-state index contributed by atoms with van der Waals surface area (Å²) in [7, 11) is 0. The van der Waals surface area contributed by atoms with Crippen LogP contribution in [0, 0.1) is 0 Å². The fraction of sp³-hybridized carbons (Fsp3) is 0.312. The molecule has 0 aliphatic carbocycles. The largest absolute Gasteiger partial charge is 0.489 e. The van der Waals surface area contributed by atoms with Gasteiger partial charge in [0.15, 0.2) is 5.82 Å². The zero-order valence-electron chi connectivity index (χ0n) is 22.5. The van der Waals surface area contributed by atoms with Crippen molar-refractivity contribution in [3.63, 3.8) is 0 Å². The molecule has 0 aliphatic rings. The quantitative estimate of drug-likeness (QED) is 0.175. The molecule has 1 aromatic heterocycles. The van der Waals surface area contributed by atoms with Gasteiger partial charge in [0.2, 0.25) is 0 Å². The number of nitrogens with one attached hydrogen (secondary N) is 1. The summed E-state index contributed by atoms with van der Waals surface area (Å²) in [6.45, 7) is 10.5. The number of fused-ring (bicyclic) bond motifs is 1. The third-order valence-electron chi connectivity index (χ3n) is 6.62. The standard InChI is InChI=1S/C32H37BrN4O/c1-4-37(5-2)21-9-10-24(3)34-32-29-22-27(33)16-19-30(29)35-31(36-32)20-15-25-13-17-28(18-14-25)38-23-26-11-7-6-8-12-26/h6-8,11-20,22,24H,4-5,9-10,21,23H2,1-3H3,(H,34,35,36). The highest BCUT2D eigenvalue weighted by atomic mass is 79.9. The van der Waals surface area contributed by atoms with E-state index >= 15 is 0 Å². The lowest BCUT2D eigenvalue weighted by Crippen LogP contribution is -2.25. The van der Waals surface area contributed by atoms with Crippen LogP contribution in [0.5, 0.6) is 5.75 Å². The number of halogens is 1. The molecule has 3 aromatic carbocycles. The van der Waals surface area contributed by atoms with Gasteiger partial charge >= 0.3 is 0 Å². The van der Waals surface area contributed by atoms with Crippen molar-refractivity contribution in [2.24, 2.45) is 0 Å². The minimum absolute atomic E-state index is 0.308. The van der Waals surface area contributed by atoms with Crippen LogP contribution in [0.25, 0.3) is 23.1 Å². The highest BCUT2D eigenvalue weighted by Crippen LogP contribution is 2.26. The smallest absolute Gasteiger partial charge is 0.154 e. The van der Waals surface area contributed by atoms with E-state index in [9.17, 15) is 0 Å². The normalized spacial score (nSPS) is 12.3. The predicted molar refractivity (Wildman–Crippen MR) is 163 cm³/mol. The van der Waals surface area contributed by atoms with Crippen LogP contribution in [-0.2, 0) is 6.61 Å². The molecule has 0 amide bonds. The number of benzene rings is 3. The summed E-state index contributed by atoms with van der Waals surface area (Å²) in [5, 5.41) is 4.67. The van der Waals surface area contributed by atoms with Crippen molar-refractivity contribution in [3.8, 4) is 5.75 Å². The van der Waals surface area contributed by atoms with Crippen LogP contribution < -0.4 is 10.1 Å². The van der Waals surface area contributed by atoms with E-state index in [0.29, 0.717) is 18.5 Å². The number of anilines is 1. The molecule has 0 bridgehead atoms. The first kappa shape index (κ1) is 27.8. The number of hydrogen-bond donors (Lipinski definition) is 1. The van der Waals surface area contributed by atoms with Gasteiger partial charge in [-0.25, -0.2) is 9.97 Å². The second-order valence-corrected chi connectivity index (χ2v) is 10.4. The van der Waals surface area contributed by atoms with Gasteiger partial charge in [0, 0.05) is 15.9 Å². The van der Waals surface area contributed by atoms with E-state index in [1.54, 1.807) is 0 Å². The van der Waals surface area contributed by atoms with Gasteiger partial charge < -0.3 is 15.0 Å². The number of nitrogens with zero attached hydrogens (tertiary/aromatic N) is 3. The Morgan fingerprint density at radius 2 is 1.71 bits per heavy atom. The fourth-order valence-corrected chi connectivity index (χ4v) is 4.72. The Hall–Kier alpha value is -3.22. The first-order valence-corrected chi connectivity index (χ1v) is 14.2. The molecule has 0 saturated carbocycles. The average Bonchev–Trinajstić information content (AvgIpc) is 2.94. The number of aromatic nitrogens is 2. The molecule has 0 spiro atoms. The first-order valence-electron chi connectivity index (χ1n) is 13.4. The molecule has 4 aromatic rings. The maximum absolute atomic E-state index is 5.91. The highest BCUT2D eigenvalue weighted by Gasteiger charge is 2.11. The summed E-state index contributed by atoms with van der Waals surface area (Å²) in [6, 6.07) is 24.7. The molecule has 5 nitrogen and oxygen atoms in total. The van der Waals surface area contributed by atoms with Crippen LogP contribution in [0.2, 0.25) is 0 Å². The Bertz CT molecular complexity index is 1320. The van der Waals surface area contributed by atoms with Crippen LogP contribution in [0.4, 0.5) is 5.82 Å². The molecule has 0 radical (unpaired) electrons. The molecule has 6 heteroatoms. The van der Waals surface area contributed by atoms with Crippen molar-refractivity contribution in [2.75, 3.05) is 25.0 Å². The molecular formula is C32H37BrN4O.